The van der Waals surface area contributed by atoms with Gasteiger partial charge in [-0.2, -0.15) is 0 Å². The van der Waals surface area contributed by atoms with Gasteiger partial charge in [0.05, 0.1) is 5.69 Å². The van der Waals surface area contributed by atoms with E-state index in [2.05, 4.69) is 5.32 Å². The highest BCUT2D eigenvalue weighted by atomic mass is 35.5. The number of nitrogens with zero attached hydrogens (tertiary/aromatic N) is 2. The van der Waals surface area contributed by atoms with Gasteiger partial charge in [-0.15, -0.1) is 0 Å². The lowest BCUT2D eigenvalue weighted by Gasteiger charge is -2.12. The van der Waals surface area contributed by atoms with E-state index in [-0.39, 0.29) is 12.5 Å². The van der Waals surface area contributed by atoms with E-state index in [4.69, 9.17) is 44.5 Å². The molecular formula is C23H22Cl3N3O3S. The number of amides is 2. The first-order chi connectivity index (χ1) is 15.7. The van der Waals surface area contributed by atoms with E-state index in [1.54, 1.807) is 18.2 Å². The minimum absolute atomic E-state index is 0.0931. The van der Waals surface area contributed by atoms with Crippen molar-refractivity contribution in [1.29, 1.82) is 0 Å². The van der Waals surface area contributed by atoms with Crippen LogP contribution in [0.25, 0.3) is 0 Å². The Hall–Kier alpha value is -2.19. The molecule has 0 aliphatic heterocycles. The monoisotopic (exact) mass is 525 g/mol. The van der Waals surface area contributed by atoms with Gasteiger partial charge in [0.15, 0.2) is 6.61 Å². The first-order valence-electron chi connectivity index (χ1n) is 10.1. The number of rotatable bonds is 7. The molecule has 174 valence electrons. The smallest absolute Gasteiger partial charge is 0.414 e. The topological polar surface area (TPSA) is 73.2 Å². The van der Waals surface area contributed by atoms with E-state index < -0.39 is 12.0 Å². The Balaban J connectivity index is 1.76. The van der Waals surface area contributed by atoms with Gasteiger partial charge in [-0.05, 0) is 55.3 Å². The number of benzene rings is 2. The highest BCUT2D eigenvalue weighted by molar-refractivity contribution is 7.99. The van der Waals surface area contributed by atoms with Crippen molar-refractivity contribution in [3.05, 3.63) is 74.6 Å². The molecule has 0 spiro atoms. The molecule has 0 radical (unpaired) electrons. The van der Waals surface area contributed by atoms with Crippen LogP contribution in [-0.2, 0) is 17.9 Å². The molecule has 0 fully saturated rings. The van der Waals surface area contributed by atoms with Crippen molar-refractivity contribution >= 4 is 58.6 Å². The SMILES string of the molecule is CCn1c(COC(=O)NC(=O)c2ccc(Cl)cc2)nc(C(C)C)c1Sc1cc(Cl)cc(Cl)c1. The average molecular weight is 527 g/mol. The Bertz CT molecular complexity index is 1140. The standard InChI is InChI=1S/C23H22Cl3N3O3S/c1-4-29-19(12-32-23(31)28-21(30)14-5-7-15(24)8-6-14)27-20(13(2)3)22(29)33-18-10-16(25)9-17(26)11-18/h5-11,13H,4,12H2,1-3H3,(H,28,30,31). The minimum atomic E-state index is -0.859. The van der Waals surface area contributed by atoms with Crippen LogP contribution in [0.3, 0.4) is 0 Å². The molecule has 0 aliphatic carbocycles. The van der Waals surface area contributed by atoms with Crippen LogP contribution in [0.1, 0.15) is 48.6 Å². The fourth-order valence-electron chi connectivity index (χ4n) is 3.05. The van der Waals surface area contributed by atoms with Gasteiger partial charge in [0, 0.05) is 32.1 Å². The summed E-state index contributed by atoms with van der Waals surface area (Å²) in [6.07, 6.45) is -0.859. The van der Waals surface area contributed by atoms with Gasteiger partial charge in [0.25, 0.3) is 5.91 Å². The van der Waals surface area contributed by atoms with Crippen LogP contribution < -0.4 is 5.32 Å². The number of ether oxygens (including phenoxy) is 1. The number of imidazole rings is 1. The predicted molar refractivity (Wildman–Crippen MR) is 132 cm³/mol. The third-order valence-corrected chi connectivity index (χ3v) is 6.38. The van der Waals surface area contributed by atoms with Crippen molar-refractivity contribution in [3.63, 3.8) is 0 Å². The molecule has 2 aromatic carbocycles. The average Bonchev–Trinajstić information content (AvgIpc) is 3.09. The fourth-order valence-corrected chi connectivity index (χ4v) is 5.16. The molecule has 1 heterocycles. The number of hydrogen-bond donors (Lipinski definition) is 1. The lowest BCUT2D eigenvalue weighted by Crippen LogP contribution is -2.31. The number of nitrogens with one attached hydrogen (secondary N) is 1. The molecule has 10 heteroatoms. The highest BCUT2D eigenvalue weighted by Gasteiger charge is 2.21. The predicted octanol–water partition coefficient (Wildman–Crippen LogP) is 7.20. The summed E-state index contributed by atoms with van der Waals surface area (Å²) in [7, 11) is 0. The molecule has 3 aromatic rings. The number of alkyl carbamates (subject to hydrolysis) is 1. The van der Waals surface area contributed by atoms with Crippen LogP contribution in [0, 0.1) is 0 Å². The molecule has 0 saturated heterocycles. The molecule has 0 atom stereocenters. The first kappa shape index (κ1) is 25.4. The Morgan fingerprint density at radius 2 is 1.70 bits per heavy atom. The molecule has 0 unspecified atom stereocenters. The second-order valence-corrected chi connectivity index (χ2v) is 9.73. The van der Waals surface area contributed by atoms with Crippen LogP contribution in [-0.4, -0.2) is 21.6 Å². The summed E-state index contributed by atoms with van der Waals surface area (Å²) in [5.74, 6) is 0.132. The molecule has 3 rings (SSSR count). The molecule has 0 bridgehead atoms. The van der Waals surface area contributed by atoms with Crippen LogP contribution in [0.4, 0.5) is 4.79 Å². The summed E-state index contributed by atoms with van der Waals surface area (Å²) >= 11 is 19.6. The number of halogens is 3. The largest absolute Gasteiger partial charge is 0.441 e. The third-order valence-electron chi connectivity index (χ3n) is 4.59. The Morgan fingerprint density at radius 1 is 1.06 bits per heavy atom. The molecule has 0 aliphatic rings. The molecule has 33 heavy (non-hydrogen) atoms. The van der Waals surface area contributed by atoms with Gasteiger partial charge in [-0.25, -0.2) is 9.78 Å². The summed E-state index contributed by atoms with van der Waals surface area (Å²) in [5, 5.41) is 4.71. The Morgan fingerprint density at radius 3 is 2.27 bits per heavy atom. The molecule has 6 nitrogen and oxygen atoms in total. The molecule has 1 N–H and O–H groups in total. The second kappa shape index (κ2) is 11.3. The zero-order valence-corrected chi connectivity index (χ0v) is 21.3. The summed E-state index contributed by atoms with van der Waals surface area (Å²) in [5.41, 5.74) is 1.17. The van der Waals surface area contributed by atoms with Crippen LogP contribution in [0.15, 0.2) is 52.4 Å². The summed E-state index contributed by atoms with van der Waals surface area (Å²) in [6.45, 7) is 6.58. The quantitative estimate of drug-likeness (QED) is 0.352. The van der Waals surface area contributed by atoms with E-state index in [0.29, 0.717) is 33.0 Å². The maximum absolute atomic E-state index is 12.2. The second-order valence-electron chi connectivity index (χ2n) is 7.36. The summed E-state index contributed by atoms with van der Waals surface area (Å²) < 4.78 is 7.27. The summed E-state index contributed by atoms with van der Waals surface area (Å²) in [6, 6.07) is 11.5. The van der Waals surface area contributed by atoms with E-state index in [9.17, 15) is 9.59 Å². The lowest BCUT2D eigenvalue weighted by atomic mass is 10.1. The molecular weight excluding hydrogens is 505 g/mol. The van der Waals surface area contributed by atoms with Crippen molar-refractivity contribution in [1.82, 2.24) is 14.9 Å². The van der Waals surface area contributed by atoms with Gasteiger partial charge in [-0.3, -0.25) is 10.1 Å². The van der Waals surface area contributed by atoms with E-state index in [0.717, 1.165) is 15.6 Å². The number of carbonyl (C=O) groups is 2. The maximum atomic E-state index is 12.2. The van der Waals surface area contributed by atoms with Gasteiger partial charge in [0.1, 0.15) is 10.9 Å². The molecule has 0 saturated carbocycles. The van der Waals surface area contributed by atoms with Crippen molar-refractivity contribution in [2.45, 2.75) is 49.8 Å². The first-order valence-corrected chi connectivity index (χ1v) is 12.1. The van der Waals surface area contributed by atoms with Crippen molar-refractivity contribution in [2.75, 3.05) is 0 Å². The van der Waals surface area contributed by atoms with Crippen LogP contribution >= 0.6 is 46.6 Å². The van der Waals surface area contributed by atoms with Crippen LogP contribution in [0.2, 0.25) is 15.1 Å². The fraction of sp³-hybridized carbons (Fsp3) is 0.261. The number of imide groups is 1. The number of hydrogen-bond acceptors (Lipinski definition) is 5. The number of carbonyl (C=O) groups excluding carboxylic acids is 2. The third kappa shape index (κ3) is 6.67. The van der Waals surface area contributed by atoms with Crippen molar-refractivity contribution in [2.24, 2.45) is 0 Å². The Kier molecular flexibility index (Phi) is 8.70. The number of aromatic nitrogens is 2. The summed E-state index contributed by atoms with van der Waals surface area (Å²) in [4.78, 5) is 30.0. The zero-order valence-electron chi connectivity index (χ0n) is 18.2. The van der Waals surface area contributed by atoms with Gasteiger partial charge >= 0.3 is 6.09 Å². The lowest BCUT2D eigenvalue weighted by molar-refractivity contribution is 0.0907. The van der Waals surface area contributed by atoms with Crippen molar-refractivity contribution in [3.8, 4) is 0 Å². The molecule has 2 amide bonds. The zero-order chi connectivity index (χ0) is 24.1. The van der Waals surface area contributed by atoms with Crippen molar-refractivity contribution < 1.29 is 14.3 Å². The highest BCUT2D eigenvalue weighted by Crippen LogP contribution is 2.37. The maximum Gasteiger partial charge on any atom is 0.414 e. The van der Waals surface area contributed by atoms with E-state index in [1.165, 1.54) is 23.9 Å². The Labute approximate surface area is 211 Å². The normalized spacial score (nSPS) is 11.0. The minimum Gasteiger partial charge on any atom is -0.441 e. The van der Waals surface area contributed by atoms with E-state index >= 15 is 0 Å². The molecule has 1 aromatic heterocycles. The van der Waals surface area contributed by atoms with E-state index in [1.807, 2.05) is 37.5 Å². The van der Waals surface area contributed by atoms with Gasteiger partial charge in [0.2, 0.25) is 0 Å². The van der Waals surface area contributed by atoms with Gasteiger partial charge in [-0.1, -0.05) is 60.4 Å². The van der Waals surface area contributed by atoms with Crippen LogP contribution in [0.5, 0.6) is 0 Å². The van der Waals surface area contributed by atoms with Gasteiger partial charge < -0.3 is 9.30 Å².